The number of nitrogens with one attached hydrogen (secondary N) is 2. The highest BCUT2D eigenvalue weighted by Crippen LogP contribution is 2.15. The van der Waals surface area contributed by atoms with E-state index < -0.39 is 24.5 Å². The lowest BCUT2D eigenvalue weighted by atomic mass is 10.1. The zero-order valence-corrected chi connectivity index (χ0v) is 12.2. The van der Waals surface area contributed by atoms with Crippen molar-refractivity contribution in [1.29, 1.82) is 0 Å². The van der Waals surface area contributed by atoms with Crippen LogP contribution in [0.1, 0.15) is 11.1 Å². The Morgan fingerprint density at radius 1 is 1.05 bits per heavy atom. The average molecular weight is 294 g/mol. The van der Waals surface area contributed by atoms with Gasteiger partial charge in [-0.25, -0.2) is 9.59 Å². The van der Waals surface area contributed by atoms with Crippen molar-refractivity contribution in [2.24, 2.45) is 0 Å². The molecule has 0 radical (unpaired) electrons. The summed E-state index contributed by atoms with van der Waals surface area (Å²) in [6.45, 7) is 2.99. The quantitative estimate of drug-likeness (QED) is 0.779. The van der Waals surface area contributed by atoms with E-state index >= 15 is 0 Å². The van der Waals surface area contributed by atoms with Gasteiger partial charge < -0.3 is 14.8 Å². The largest absolute Gasteiger partial charge is 0.482 e. The van der Waals surface area contributed by atoms with Gasteiger partial charge >= 0.3 is 12.0 Å². The van der Waals surface area contributed by atoms with Gasteiger partial charge in [0.15, 0.2) is 13.2 Å². The minimum atomic E-state index is -0.714. The molecule has 0 aliphatic heterocycles. The van der Waals surface area contributed by atoms with Gasteiger partial charge in [0.25, 0.3) is 5.91 Å². The molecule has 0 heterocycles. The first-order valence-corrected chi connectivity index (χ1v) is 6.29. The van der Waals surface area contributed by atoms with Crippen LogP contribution in [0, 0.1) is 13.8 Å². The second-order valence-electron chi connectivity index (χ2n) is 4.40. The number of aryl methyl sites for hydroxylation is 2. The Morgan fingerprint density at radius 3 is 2.24 bits per heavy atom. The van der Waals surface area contributed by atoms with Crippen molar-refractivity contribution in [2.75, 3.05) is 20.3 Å². The number of amides is 3. The number of hydrogen-bond acceptors (Lipinski definition) is 5. The topological polar surface area (TPSA) is 93.7 Å². The highest BCUT2D eigenvalue weighted by atomic mass is 16.6. The van der Waals surface area contributed by atoms with Crippen LogP contribution in [-0.4, -0.2) is 38.2 Å². The van der Waals surface area contributed by atoms with Crippen LogP contribution in [-0.2, 0) is 14.3 Å². The lowest BCUT2D eigenvalue weighted by molar-refractivity contribution is -0.150. The number of ether oxygens (including phenoxy) is 2. The predicted molar refractivity (Wildman–Crippen MR) is 75.0 cm³/mol. The molecule has 21 heavy (non-hydrogen) atoms. The number of urea groups is 1. The predicted octanol–water partition coefficient (Wildman–Crippen LogP) is 0.681. The van der Waals surface area contributed by atoms with Crippen molar-refractivity contribution in [2.45, 2.75) is 13.8 Å². The molecule has 0 fully saturated rings. The molecule has 7 heteroatoms. The lowest BCUT2D eigenvalue weighted by Crippen LogP contribution is -2.40. The van der Waals surface area contributed by atoms with Gasteiger partial charge in [0.05, 0.1) is 0 Å². The molecule has 1 aromatic rings. The molecule has 3 amide bonds. The van der Waals surface area contributed by atoms with E-state index in [-0.39, 0.29) is 6.61 Å². The summed E-state index contributed by atoms with van der Waals surface area (Å²) in [5.41, 5.74) is 2.03. The number of carbonyl (C=O) groups excluding carboxylic acids is 3. The summed E-state index contributed by atoms with van der Waals surface area (Å²) in [5, 5.41) is 4.17. The first-order valence-electron chi connectivity index (χ1n) is 6.29. The summed E-state index contributed by atoms with van der Waals surface area (Å²) < 4.78 is 9.95. The number of hydrogen-bond donors (Lipinski definition) is 2. The Kier molecular flexibility index (Phi) is 6.19. The third kappa shape index (κ3) is 6.42. The third-order valence-electron chi connectivity index (χ3n) is 2.40. The van der Waals surface area contributed by atoms with Crippen molar-refractivity contribution < 1.29 is 23.9 Å². The van der Waals surface area contributed by atoms with E-state index in [9.17, 15) is 14.4 Å². The van der Waals surface area contributed by atoms with Crippen molar-refractivity contribution >= 4 is 17.9 Å². The molecule has 0 bridgehead atoms. The Labute approximate surface area is 122 Å². The van der Waals surface area contributed by atoms with E-state index in [0.29, 0.717) is 5.75 Å². The fraction of sp³-hybridized carbons (Fsp3) is 0.357. The van der Waals surface area contributed by atoms with E-state index in [2.05, 4.69) is 10.1 Å². The summed E-state index contributed by atoms with van der Waals surface area (Å²) in [7, 11) is 1.37. The van der Waals surface area contributed by atoms with E-state index in [4.69, 9.17) is 4.74 Å². The second kappa shape index (κ2) is 7.88. The van der Waals surface area contributed by atoms with Crippen molar-refractivity contribution in [3.8, 4) is 5.75 Å². The molecule has 1 rings (SSSR count). The molecular formula is C14H18N2O5. The summed E-state index contributed by atoms with van der Waals surface area (Å²) in [6, 6.07) is 4.90. The highest BCUT2D eigenvalue weighted by molar-refractivity contribution is 5.95. The standard InChI is InChI=1S/C14H18N2O5/c1-9-4-10(2)6-11(5-9)20-8-13(18)21-7-12(17)16-14(19)15-3/h4-6H,7-8H2,1-3H3,(H2,15,16,17,19). The number of esters is 1. The molecule has 0 aliphatic carbocycles. The minimum Gasteiger partial charge on any atom is -0.482 e. The van der Waals surface area contributed by atoms with E-state index in [1.165, 1.54) is 7.05 Å². The van der Waals surface area contributed by atoms with Gasteiger partial charge in [-0.2, -0.15) is 0 Å². The second-order valence-corrected chi connectivity index (χ2v) is 4.40. The minimum absolute atomic E-state index is 0.309. The number of imide groups is 1. The van der Waals surface area contributed by atoms with Gasteiger partial charge in [0.1, 0.15) is 5.75 Å². The molecule has 7 nitrogen and oxygen atoms in total. The molecule has 0 unspecified atom stereocenters. The van der Waals surface area contributed by atoms with Crippen LogP contribution >= 0.6 is 0 Å². The fourth-order valence-electron chi connectivity index (χ4n) is 1.57. The fourth-order valence-corrected chi connectivity index (χ4v) is 1.57. The SMILES string of the molecule is CNC(=O)NC(=O)COC(=O)COc1cc(C)cc(C)c1. The lowest BCUT2D eigenvalue weighted by Gasteiger charge is -2.08. The molecular weight excluding hydrogens is 276 g/mol. The van der Waals surface area contributed by atoms with Gasteiger partial charge in [0.2, 0.25) is 0 Å². The van der Waals surface area contributed by atoms with Gasteiger partial charge in [-0.3, -0.25) is 10.1 Å². The molecule has 0 aliphatic rings. The highest BCUT2D eigenvalue weighted by Gasteiger charge is 2.10. The van der Waals surface area contributed by atoms with Crippen LogP contribution in [0.2, 0.25) is 0 Å². The summed E-state index contributed by atoms with van der Waals surface area (Å²) >= 11 is 0. The van der Waals surface area contributed by atoms with Crippen LogP contribution in [0.25, 0.3) is 0 Å². The molecule has 0 saturated heterocycles. The first-order chi connectivity index (χ1) is 9.90. The molecule has 2 N–H and O–H groups in total. The van der Waals surface area contributed by atoms with Crippen LogP contribution in [0.5, 0.6) is 5.75 Å². The van der Waals surface area contributed by atoms with Gasteiger partial charge in [-0.15, -0.1) is 0 Å². The van der Waals surface area contributed by atoms with Crippen LogP contribution in [0.3, 0.4) is 0 Å². The zero-order chi connectivity index (χ0) is 15.8. The zero-order valence-electron chi connectivity index (χ0n) is 12.2. The summed E-state index contributed by atoms with van der Waals surface area (Å²) in [5.74, 6) is -0.852. The van der Waals surface area contributed by atoms with E-state index in [0.717, 1.165) is 11.1 Å². The number of carbonyl (C=O) groups is 3. The van der Waals surface area contributed by atoms with E-state index in [1.54, 1.807) is 12.1 Å². The van der Waals surface area contributed by atoms with Crippen molar-refractivity contribution in [1.82, 2.24) is 10.6 Å². The smallest absolute Gasteiger partial charge is 0.344 e. The maximum Gasteiger partial charge on any atom is 0.344 e. The van der Waals surface area contributed by atoms with Crippen molar-refractivity contribution in [3.63, 3.8) is 0 Å². The van der Waals surface area contributed by atoms with Crippen LogP contribution in [0.4, 0.5) is 4.79 Å². The normalized spacial score (nSPS) is 9.67. The van der Waals surface area contributed by atoms with Gasteiger partial charge in [-0.1, -0.05) is 6.07 Å². The first kappa shape index (κ1) is 16.5. The maximum atomic E-state index is 11.4. The Morgan fingerprint density at radius 2 is 1.67 bits per heavy atom. The molecule has 0 atom stereocenters. The molecule has 0 aromatic heterocycles. The Hall–Kier alpha value is -2.57. The Bertz CT molecular complexity index is 522. The third-order valence-corrected chi connectivity index (χ3v) is 2.40. The molecule has 0 saturated carbocycles. The number of benzene rings is 1. The maximum absolute atomic E-state index is 11.4. The summed E-state index contributed by atoms with van der Waals surface area (Å²) in [4.78, 5) is 33.4. The molecule has 114 valence electrons. The van der Waals surface area contributed by atoms with Crippen LogP contribution < -0.4 is 15.4 Å². The summed E-state index contributed by atoms with van der Waals surface area (Å²) in [6.07, 6.45) is 0. The van der Waals surface area contributed by atoms with Gasteiger partial charge in [-0.05, 0) is 37.1 Å². The average Bonchev–Trinajstić information content (AvgIpc) is 2.41. The van der Waals surface area contributed by atoms with Crippen LogP contribution in [0.15, 0.2) is 18.2 Å². The molecule has 1 aromatic carbocycles. The van der Waals surface area contributed by atoms with E-state index in [1.807, 2.05) is 25.2 Å². The Balaban J connectivity index is 2.34. The molecule has 0 spiro atoms. The monoisotopic (exact) mass is 294 g/mol. The van der Waals surface area contributed by atoms with Gasteiger partial charge in [0, 0.05) is 7.05 Å². The number of rotatable bonds is 5. The van der Waals surface area contributed by atoms with Crippen molar-refractivity contribution in [3.05, 3.63) is 29.3 Å².